The summed E-state index contributed by atoms with van der Waals surface area (Å²) in [6, 6.07) is 12.5. The maximum atomic E-state index is 12.9. The first kappa shape index (κ1) is 19.3. The monoisotopic (exact) mass is 411 g/mol. The van der Waals surface area contributed by atoms with E-state index in [1.54, 1.807) is 35.8 Å². The third kappa shape index (κ3) is 3.93. The zero-order chi connectivity index (χ0) is 20.4. The Balaban J connectivity index is 1.56. The Morgan fingerprint density at radius 2 is 2.03 bits per heavy atom. The van der Waals surface area contributed by atoms with Crippen LogP contribution in [0.25, 0.3) is 10.9 Å². The van der Waals surface area contributed by atoms with E-state index in [9.17, 15) is 9.59 Å². The molecule has 0 fully saturated rings. The Kier molecular flexibility index (Phi) is 5.44. The van der Waals surface area contributed by atoms with Crippen LogP contribution < -0.4 is 20.3 Å². The molecule has 0 aliphatic carbocycles. The molecule has 29 heavy (non-hydrogen) atoms. The number of benzene rings is 2. The summed E-state index contributed by atoms with van der Waals surface area (Å²) in [5, 5.41) is 3.57. The van der Waals surface area contributed by atoms with Crippen molar-refractivity contribution >= 4 is 34.3 Å². The lowest BCUT2D eigenvalue weighted by Crippen LogP contribution is -2.27. The molecule has 1 aliphatic heterocycles. The number of fused-ring (bicyclic) bond motifs is 2. The highest BCUT2D eigenvalue weighted by atomic mass is 32.2. The van der Waals surface area contributed by atoms with E-state index in [0.717, 1.165) is 6.42 Å². The Hall–Kier alpha value is -3.00. The predicted octanol–water partition coefficient (Wildman–Crippen LogP) is 3.65. The van der Waals surface area contributed by atoms with Gasteiger partial charge in [0, 0.05) is 18.3 Å². The summed E-state index contributed by atoms with van der Waals surface area (Å²) in [5.74, 6) is 1.09. The van der Waals surface area contributed by atoms with Gasteiger partial charge in [-0.25, -0.2) is 4.98 Å². The van der Waals surface area contributed by atoms with E-state index in [0.29, 0.717) is 39.8 Å². The Labute approximate surface area is 172 Å². The number of carbonyl (C=O) groups is 1. The summed E-state index contributed by atoms with van der Waals surface area (Å²) in [6.07, 6.45) is 0.797. The number of nitrogens with zero attached hydrogens (tertiary/aromatic N) is 2. The first-order valence-corrected chi connectivity index (χ1v) is 10.3. The van der Waals surface area contributed by atoms with Crippen LogP contribution in [0.2, 0.25) is 0 Å². The average molecular weight is 411 g/mol. The second kappa shape index (κ2) is 8.16. The van der Waals surface area contributed by atoms with E-state index in [4.69, 9.17) is 9.47 Å². The number of hydrogen-bond acceptors (Lipinski definition) is 6. The fourth-order valence-corrected chi connectivity index (χ4v) is 4.02. The van der Waals surface area contributed by atoms with Crippen LogP contribution in [0.15, 0.2) is 52.4 Å². The molecule has 1 atom stereocenters. The molecule has 2 heterocycles. The van der Waals surface area contributed by atoms with E-state index >= 15 is 0 Å². The van der Waals surface area contributed by atoms with Gasteiger partial charge in [-0.15, -0.1) is 0 Å². The fraction of sp³-hybridized carbons (Fsp3) is 0.286. The van der Waals surface area contributed by atoms with Gasteiger partial charge in [-0.1, -0.05) is 30.8 Å². The van der Waals surface area contributed by atoms with E-state index in [2.05, 4.69) is 10.3 Å². The van der Waals surface area contributed by atoms with Crippen LogP contribution in [-0.2, 0) is 11.3 Å². The quantitative estimate of drug-likeness (QED) is 0.492. The topological polar surface area (TPSA) is 82.5 Å². The molecule has 0 radical (unpaired) electrons. The molecule has 1 N–H and O–H groups in total. The van der Waals surface area contributed by atoms with Crippen molar-refractivity contribution < 1.29 is 14.3 Å². The predicted molar refractivity (Wildman–Crippen MR) is 113 cm³/mol. The second-order valence-corrected chi connectivity index (χ2v) is 7.99. The Morgan fingerprint density at radius 1 is 1.24 bits per heavy atom. The summed E-state index contributed by atoms with van der Waals surface area (Å²) in [5.41, 5.74) is 1.18. The standard InChI is InChI=1S/C21H21N3O4S/c1-3-10-24-20(26)15-6-4-5-7-16(15)23-21(24)29-13(2)19(25)22-14-8-9-17-18(11-14)28-12-27-17/h4-9,11,13H,3,10,12H2,1-2H3,(H,22,25)/t13-/m1/s1. The van der Waals surface area contributed by atoms with Gasteiger partial charge in [-0.2, -0.15) is 0 Å². The number of rotatable bonds is 6. The number of anilines is 1. The number of aromatic nitrogens is 2. The molecule has 8 heteroatoms. The maximum absolute atomic E-state index is 12.9. The number of amides is 1. The molecule has 4 rings (SSSR count). The third-order valence-electron chi connectivity index (χ3n) is 4.57. The van der Waals surface area contributed by atoms with E-state index < -0.39 is 5.25 Å². The summed E-state index contributed by atoms with van der Waals surface area (Å²) in [7, 11) is 0. The van der Waals surface area contributed by atoms with Crippen LogP contribution in [0.5, 0.6) is 11.5 Å². The number of ether oxygens (including phenoxy) is 2. The normalized spacial score (nSPS) is 13.4. The van der Waals surface area contributed by atoms with Crippen LogP contribution >= 0.6 is 11.8 Å². The maximum Gasteiger partial charge on any atom is 0.262 e. The minimum absolute atomic E-state index is 0.0803. The van der Waals surface area contributed by atoms with Crippen molar-refractivity contribution in [3.8, 4) is 11.5 Å². The van der Waals surface area contributed by atoms with Gasteiger partial charge in [0.2, 0.25) is 12.7 Å². The lowest BCUT2D eigenvalue weighted by molar-refractivity contribution is -0.115. The highest BCUT2D eigenvalue weighted by Gasteiger charge is 2.20. The Morgan fingerprint density at radius 3 is 2.86 bits per heavy atom. The molecular formula is C21H21N3O4S. The van der Waals surface area contributed by atoms with Crippen LogP contribution in [0.4, 0.5) is 5.69 Å². The van der Waals surface area contributed by atoms with E-state index in [-0.39, 0.29) is 18.3 Å². The lowest BCUT2D eigenvalue weighted by atomic mass is 10.2. The van der Waals surface area contributed by atoms with Gasteiger partial charge in [0.05, 0.1) is 16.2 Å². The minimum atomic E-state index is -0.448. The zero-order valence-electron chi connectivity index (χ0n) is 16.2. The van der Waals surface area contributed by atoms with Crippen molar-refractivity contribution in [2.24, 2.45) is 0 Å². The summed E-state index contributed by atoms with van der Waals surface area (Å²) in [6.45, 7) is 4.54. The number of thioether (sulfide) groups is 1. The van der Waals surface area contributed by atoms with Crippen molar-refractivity contribution in [3.63, 3.8) is 0 Å². The van der Waals surface area contributed by atoms with Gasteiger partial charge in [0.15, 0.2) is 16.7 Å². The Bertz CT molecular complexity index is 1130. The average Bonchev–Trinajstić information content (AvgIpc) is 3.18. The van der Waals surface area contributed by atoms with Crippen LogP contribution in [-0.4, -0.2) is 27.5 Å². The van der Waals surface area contributed by atoms with Crippen LogP contribution in [0.3, 0.4) is 0 Å². The number of para-hydroxylation sites is 1. The molecule has 0 saturated heterocycles. The summed E-state index contributed by atoms with van der Waals surface area (Å²) < 4.78 is 12.3. The number of hydrogen-bond donors (Lipinski definition) is 1. The number of carbonyl (C=O) groups excluding carboxylic acids is 1. The summed E-state index contributed by atoms with van der Waals surface area (Å²) >= 11 is 1.28. The van der Waals surface area contributed by atoms with Gasteiger partial charge in [-0.05, 0) is 37.6 Å². The molecule has 2 aromatic carbocycles. The highest BCUT2D eigenvalue weighted by molar-refractivity contribution is 8.00. The summed E-state index contributed by atoms with van der Waals surface area (Å²) in [4.78, 5) is 30.2. The van der Waals surface area contributed by atoms with Crippen molar-refractivity contribution in [3.05, 3.63) is 52.8 Å². The van der Waals surface area contributed by atoms with Crippen molar-refractivity contribution in [1.82, 2.24) is 9.55 Å². The first-order chi connectivity index (χ1) is 14.1. The minimum Gasteiger partial charge on any atom is -0.454 e. The number of nitrogens with one attached hydrogen (secondary N) is 1. The van der Waals surface area contributed by atoms with E-state index in [1.807, 2.05) is 25.1 Å². The second-order valence-electron chi connectivity index (χ2n) is 6.69. The SMILES string of the molecule is CCCn1c(S[C@H](C)C(=O)Nc2ccc3c(c2)OCO3)nc2ccccc2c1=O. The molecule has 1 aliphatic rings. The fourth-order valence-electron chi connectivity index (χ4n) is 3.09. The van der Waals surface area contributed by atoms with Crippen molar-refractivity contribution in [2.75, 3.05) is 12.1 Å². The largest absolute Gasteiger partial charge is 0.454 e. The van der Waals surface area contributed by atoms with Gasteiger partial charge >= 0.3 is 0 Å². The smallest absolute Gasteiger partial charge is 0.262 e. The van der Waals surface area contributed by atoms with Gasteiger partial charge < -0.3 is 14.8 Å². The molecule has 1 amide bonds. The molecule has 0 bridgehead atoms. The van der Waals surface area contributed by atoms with Crippen LogP contribution in [0, 0.1) is 0 Å². The zero-order valence-corrected chi connectivity index (χ0v) is 17.0. The third-order valence-corrected chi connectivity index (χ3v) is 5.66. The molecule has 0 saturated carbocycles. The van der Waals surface area contributed by atoms with Gasteiger partial charge in [0.1, 0.15) is 0 Å². The molecule has 0 unspecified atom stereocenters. The van der Waals surface area contributed by atoms with Crippen molar-refractivity contribution in [1.29, 1.82) is 0 Å². The lowest BCUT2D eigenvalue weighted by Gasteiger charge is -2.16. The molecule has 150 valence electrons. The molecule has 3 aromatic rings. The first-order valence-electron chi connectivity index (χ1n) is 9.43. The van der Waals surface area contributed by atoms with Crippen molar-refractivity contribution in [2.45, 2.75) is 37.2 Å². The molecule has 0 spiro atoms. The molecule has 7 nitrogen and oxygen atoms in total. The highest BCUT2D eigenvalue weighted by Crippen LogP contribution is 2.34. The van der Waals surface area contributed by atoms with E-state index in [1.165, 1.54) is 11.8 Å². The van der Waals surface area contributed by atoms with Gasteiger partial charge in [-0.3, -0.25) is 14.2 Å². The van der Waals surface area contributed by atoms with Gasteiger partial charge in [0.25, 0.3) is 5.56 Å². The molecule has 1 aromatic heterocycles. The molecular weight excluding hydrogens is 390 g/mol. The van der Waals surface area contributed by atoms with Crippen LogP contribution in [0.1, 0.15) is 20.3 Å².